The van der Waals surface area contributed by atoms with E-state index in [4.69, 9.17) is 9.47 Å². The van der Waals surface area contributed by atoms with Gasteiger partial charge in [0, 0.05) is 25.4 Å². The van der Waals surface area contributed by atoms with E-state index in [0.29, 0.717) is 37.9 Å². The van der Waals surface area contributed by atoms with E-state index in [0.717, 1.165) is 11.4 Å². The van der Waals surface area contributed by atoms with Crippen molar-refractivity contribution < 1.29 is 14.3 Å². The Morgan fingerprint density at radius 2 is 2.17 bits per heavy atom. The molecule has 0 bridgehead atoms. The highest BCUT2D eigenvalue weighted by molar-refractivity contribution is 5.92. The van der Waals surface area contributed by atoms with Gasteiger partial charge in [-0.3, -0.25) is 9.48 Å². The van der Waals surface area contributed by atoms with Gasteiger partial charge in [-0.2, -0.15) is 5.10 Å². The molecular formula is C17H22N4O3. The van der Waals surface area contributed by atoms with E-state index in [-0.39, 0.29) is 12.0 Å². The second-order valence-corrected chi connectivity index (χ2v) is 5.98. The van der Waals surface area contributed by atoms with Gasteiger partial charge in [0.2, 0.25) is 5.88 Å². The molecule has 1 aliphatic rings. The van der Waals surface area contributed by atoms with Gasteiger partial charge < -0.3 is 14.4 Å². The zero-order valence-electron chi connectivity index (χ0n) is 14.2. The summed E-state index contributed by atoms with van der Waals surface area (Å²) >= 11 is 0. The summed E-state index contributed by atoms with van der Waals surface area (Å²) in [5.74, 6) is 0.490. The number of ether oxygens (including phenoxy) is 2. The lowest BCUT2D eigenvalue weighted by Crippen LogP contribution is -2.40. The first-order valence-electron chi connectivity index (χ1n) is 8.01. The van der Waals surface area contributed by atoms with Gasteiger partial charge in [-0.1, -0.05) is 6.07 Å². The number of hydrogen-bond donors (Lipinski definition) is 0. The Hall–Kier alpha value is -2.41. The minimum absolute atomic E-state index is 0.0607. The SMILES string of the molecule is Cc1cccc(OC2COCCN(C(=O)c3cc(C)nn3C)C2)n1. The van der Waals surface area contributed by atoms with Gasteiger partial charge >= 0.3 is 0 Å². The number of carbonyl (C=O) groups excluding carboxylic acids is 1. The first kappa shape index (κ1) is 16.4. The number of carbonyl (C=O) groups is 1. The Morgan fingerprint density at radius 1 is 1.33 bits per heavy atom. The van der Waals surface area contributed by atoms with Crippen LogP contribution in [0.3, 0.4) is 0 Å². The topological polar surface area (TPSA) is 69.5 Å². The summed E-state index contributed by atoms with van der Waals surface area (Å²) in [7, 11) is 1.78. The normalized spacial score (nSPS) is 18.3. The number of amides is 1. The Balaban J connectivity index is 1.72. The summed E-state index contributed by atoms with van der Waals surface area (Å²) in [4.78, 5) is 18.9. The molecule has 0 N–H and O–H groups in total. The summed E-state index contributed by atoms with van der Waals surface area (Å²) in [6.45, 7) is 5.70. The van der Waals surface area contributed by atoms with Gasteiger partial charge in [-0.05, 0) is 26.0 Å². The average Bonchev–Trinajstić information content (AvgIpc) is 2.73. The van der Waals surface area contributed by atoms with E-state index >= 15 is 0 Å². The third-order valence-corrected chi connectivity index (χ3v) is 3.89. The van der Waals surface area contributed by atoms with Crippen molar-refractivity contribution in [2.75, 3.05) is 26.3 Å². The van der Waals surface area contributed by atoms with Crippen molar-refractivity contribution >= 4 is 5.91 Å². The third kappa shape index (κ3) is 3.73. The van der Waals surface area contributed by atoms with Gasteiger partial charge in [0.25, 0.3) is 5.91 Å². The zero-order chi connectivity index (χ0) is 17.1. The Kier molecular flexibility index (Phi) is 4.80. The molecule has 1 fully saturated rings. The molecule has 0 aliphatic carbocycles. The molecule has 0 radical (unpaired) electrons. The minimum Gasteiger partial charge on any atom is -0.470 e. The smallest absolute Gasteiger partial charge is 0.272 e. The van der Waals surface area contributed by atoms with Crippen molar-refractivity contribution in [3.05, 3.63) is 41.3 Å². The standard InChI is InChI=1S/C17H22N4O3/c1-12-5-4-6-16(18-12)24-14-10-21(7-8-23-11-14)17(22)15-9-13(2)19-20(15)3/h4-6,9,14H,7-8,10-11H2,1-3H3. The molecule has 2 aromatic heterocycles. The van der Waals surface area contributed by atoms with Crippen LogP contribution in [-0.4, -0.2) is 58.0 Å². The van der Waals surface area contributed by atoms with Crippen LogP contribution in [0.2, 0.25) is 0 Å². The molecule has 1 aliphatic heterocycles. The first-order chi connectivity index (χ1) is 11.5. The second-order valence-electron chi connectivity index (χ2n) is 5.98. The summed E-state index contributed by atoms with van der Waals surface area (Å²) < 4.78 is 13.1. The molecule has 3 rings (SSSR count). The predicted octanol–water partition coefficient (Wildman–Crippen LogP) is 1.35. The molecule has 0 aromatic carbocycles. The van der Waals surface area contributed by atoms with Crippen molar-refractivity contribution in [1.82, 2.24) is 19.7 Å². The Bertz CT molecular complexity index is 728. The minimum atomic E-state index is -0.250. The number of rotatable bonds is 3. The first-order valence-corrected chi connectivity index (χ1v) is 8.01. The molecule has 0 spiro atoms. The number of nitrogens with zero attached hydrogens (tertiary/aromatic N) is 4. The Morgan fingerprint density at radius 3 is 2.88 bits per heavy atom. The maximum atomic E-state index is 12.8. The van der Waals surface area contributed by atoms with Crippen LogP contribution in [0, 0.1) is 13.8 Å². The predicted molar refractivity (Wildman–Crippen MR) is 88.1 cm³/mol. The molecule has 3 heterocycles. The third-order valence-electron chi connectivity index (χ3n) is 3.89. The molecule has 24 heavy (non-hydrogen) atoms. The molecule has 1 saturated heterocycles. The molecule has 0 saturated carbocycles. The second kappa shape index (κ2) is 7.00. The van der Waals surface area contributed by atoms with Crippen LogP contribution in [0.25, 0.3) is 0 Å². The lowest BCUT2D eigenvalue weighted by atomic mass is 10.3. The van der Waals surface area contributed by atoms with Crippen molar-refractivity contribution in [2.24, 2.45) is 7.05 Å². The van der Waals surface area contributed by atoms with Crippen molar-refractivity contribution in [2.45, 2.75) is 20.0 Å². The van der Waals surface area contributed by atoms with Crippen molar-refractivity contribution in [1.29, 1.82) is 0 Å². The van der Waals surface area contributed by atoms with Crippen LogP contribution >= 0.6 is 0 Å². The van der Waals surface area contributed by atoms with Gasteiger partial charge in [0.05, 0.1) is 25.5 Å². The van der Waals surface area contributed by atoms with Crippen LogP contribution < -0.4 is 4.74 Å². The van der Waals surface area contributed by atoms with Gasteiger partial charge in [-0.15, -0.1) is 0 Å². The van der Waals surface area contributed by atoms with Crippen molar-refractivity contribution in [3.8, 4) is 5.88 Å². The molecule has 1 unspecified atom stereocenters. The summed E-state index contributed by atoms with van der Waals surface area (Å²) in [5, 5.41) is 4.24. The highest BCUT2D eigenvalue weighted by Gasteiger charge is 2.26. The number of hydrogen-bond acceptors (Lipinski definition) is 5. The fraction of sp³-hybridized carbons (Fsp3) is 0.471. The summed E-state index contributed by atoms with van der Waals surface area (Å²) in [6, 6.07) is 7.42. The van der Waals surface area contributed by atoms with Gasteiger partial charge in [0.1, 0.15) is 11.8 Å². The van der Waals surface area contributed by atoms with Gasteiger partial charge in [0.15, 0.2) is 0 Å². The molecule has 2 aromatic rings. The maximum absolute atomic E-state index is 12.8. The zero-order valence-corrected chi connectivity index (χ0v) is 14.2. The monoisotopic (exact) mass is 330 g/mol. The van der Waals surface area contributed by atoms with E-state index in [1.807, 2.05) is 32.0 Å². The highest BCUT2D eigenvalue weighted by atomic mass is 16.5. The molecular weight excluding hydrogens is 308 g/mol. The molecule has 128 valence electrons. The van der Waals surface area contributed by atoms with Crippen LogP contribution in [0.5, 0.6) is 5.88 Å². The largest absolute Gasteiger partial charge is 0.470 e. The number of aryl methyl sites for hydroxylation is 3. The number of pyridine rings is 1. The van der Waals surface area contributed by atoms with E-state index in [1.165, 1.54) is 0 Å². The van der Waals surface area contributed by atoms with E-state index in [9.17, 15) is 4.79 Å². The Labute approximate surface area is 141 Å². The van der Waals surface area contributed by atoms with Crippen LogP contribution in [0.1, 0.15) is 21.9 Å². The lowest BCUT2D eigenvalue weighted by Gasteiger charge is -2.24. The van der Waals surface area contributed by atoms with Crippen LogP contribution in [-0.2, 0) is 11.8 Å². The van der Waals surface area contributed by atoms with Crippen LogP contribution in [0.15, 0.2) is 24.3 Å². The van der Waals surface area contributed by atoms with Gasteiger partial charge in [-0.25, -0.2) is 4.98 Å². The summed E-state index contributed by atoms with van der Waals surface area (Å²) in [5.41, 5.74) is 2.28. The number of aromatic nitrogens is 3. The van der Waals surface area contributed by atoms with E-state index in [2.05, 4.69) is 10.1 Å². The molecule has 7 nitrogen and oxygen atoms in total. The molecule has 7 heteroatoms. The van der Waals surface area contributed by atoms with Crippen molar-refractivity contribution in [3.63, 3.8) is 0 Å². The quantitative estimate of drug-likeness (QED) is 0.850. The molecule has 1 atom stereocenters. The summed E-state index contributed by atoms with van der Waals surface area (Å²) in [6.07, 6.45) is -0.250. The highest BCUT2D eigenvalue weighted by Crippen LogP contribution is 2.14. The fourth-order valence-electron chi connectivity index (χ4n) is 2.76. The lowest BCUT2D eigenvalue weighted by molar-refractivity contribution is 0.0627. The molecule has 1 amide bonds. The van der Waals surface area contributed by atoms with Crippen LogP contribution in [0.4, 0.5) is 0 Å². The average molecular weight is 330 g/mol. The fourth-order valence-corrected chi connectivity index (χ4v) is 2.76. The maximum Gasteiger partial charge on any atom is 0.272 e. The van der Waals surface area contributed by atoms with E-state index < -0.39 is 0 Å². The van der Waals surface area contributed by atoms with E-state index in [1.54, 1.807) is 22.7 Å².